The Kier molecular flexibility index (Phi) is 7.39. The van der Waals surface area contributed by atoms with E-state index in [0.29, 0.717) is 11.9 Å². The number of rotatable bonds is 4. The van der Waals surface area contributed by atoms with E-state index in [0.717, 1.165) is 38.8 Å². The van der Waals surface area contributed by atoms with Gasteiger partial charge in [0.25, 0.3) is 0 Å². The topological polar surface area (TPSA) is 46.3 Å². The second-order valence-corrected chi connectivity index (χ2v) is 4.18. The standard InChI is InChI=1S/C11H22N2O.CH4/c1-2-3-4-5-11(14)13-8-6-10(12)7-9-13;/h10H,2-9,12H2,1H3;1H4. The Balaban J connectivity index is 0.00000196. The van der Waals surface area contributed by atoms with Crippen LogP contribution in [-0.4, -0.2) is 29.9 Å². The van der Waals surface area contributed by atoms with Gasteiger partial charge in [-0.05, 0) is 19.3 Å². The van der Waals surface area contributed by atoms with Crippen LogP contribution in [0.25, 0.3) is 0 Å². The molecule has 0 radical (unpaired) electrons. The first-order valence-corrected chi connectivity index (χ1v) is 5.77. The van der Waals surface area contributed by atoms with E-state index in [1.165, 1.54) is 12.8 Å². The number of amides is 1. The fourth-order valence-corrected chi connectivity index (χ4v) is 1.83. The number of nitrogens with zero attached hydrogens (tertiary/aromatic N) is 1. The maximum atomic E-state index is 11.7. The average molecular weight is 214 g/mol. The molecule has 1 aliphatic heterocycles. The van der Waals surface area contributed by atoms with Crippen LogP contribution in [0.3, 0.4) is 0 Å². The second kappa shape index (κ2) is 7.69. The number of likely N-dealkylation sites (tertiary alicyclic amines) is 1. The molecule has 0 spiro atoms. The van der Waals surface area contributed by atoms with Gasteiger partial charge in [0.1, 0.15) is 0 Å². The highest BCUT2D eigenvalue weighted by Crippen LogP contribution is 2.11. The molecule has 1 heterocycles. The first kappa shape index (κ1) is 14.4. The molecular weight excluding hydrogens is 188 g/mol. The predicted octanol–water partition coefficient (Wildman–Crippen LogP) is 2.15. The van der Waals surface area contributed by atoms with Crippen LogP contribution in [0.5, 0.6) is 0 Å². The molecule has 1 rings (SSSR count). The zero-order chi connectivity index (χ0) is 10.4. The number of unbranched alkanes of at least 4 members (excludes halogenated alkanes) is 2. The lowest BCUT2D eigenvalue weighted by Crippen LogP contribution is -2.42. The van der Waals surface area contributed by atoms with E-state index >= 15 is 0 Å². The molecule has 0 aliphatic carbocycles. The van der Waals surface area contributed by atoms with Crippen molar-refractivity contribution in [3.63, 3.8) is 0 Å². The largest absolute Gasteiger partial charge is 0.343 e. The number of carbonyl (C=O) groups excluding carboxylic acids is 1. The van der Waals surface area contributed by atoms with Gasteiger partial charge >= 0.3 is 0 Å². The van der Waals surface area contributed by atoms with E-state index in [1.54, 1.807) is 0 Å². The van der Waals surface area contributed by atoms with E-state index < -0.39 is 0 Å². The molecule has 0 saturated carbocycles. The zero-order valence-electron chi connectivity index (χ0n) is 9.17. The number of hydrogen-bond acceptors (Lipinski definition) is 2. The molecule has 0 aromatic carbocycles. The summed E-state index contributed by atoms with van der Waals surface area (Å²) in [5.74, 6) is 0.324. The Hall–Kier alpha value is -0.570. The lowest BCUT2D eigenvalue weighted by Gasteiger charge is -2.30. The van der Waals surface area contributed by atoms with Crippen molar-refractivity contribution in [2.24, 2.45) is 5.73 Å². The molecule has 1 amide bonds. The van der Waals surface area contributed by atoms with E-state index in [1.807, 2.05) is 4.90 Å². The van der Waals surface area contributed by atoms with Gasteiger partial charge in [-0.3, -0.25) is 4.79 Å². The molecule has 0 atom stereocenters. The van der Waals surface area contributed by atoms with Crippen LogP contribution >= 0.6 is 0 Å². The maximum Gasteiger partial charge on any atom is 0.222 e. The van der Waals surface area contributed by atoms with E-state index in [-0.39, 0.29) is 7.43 Å². The summed E-state index contributed by atoms with van der Waals surface area (Å²) in [6.45, 7) is 3.89. The highest BCUT2D eigenvalue weighted by Gasteiger charge is 2.19. The third kappa shape index (κ3) is 5.17. The average Bonchev–Trinajstić information content (AvgIpc) is 2.19. The zero-order valence-corrected chi connectivity index (χ0v) is 9.17. The maximum absolute atomic E-state index is 11.7. The van der Waals surface area contributed by atoms with Crippen LogP contribution in [0.4, 0.5) is 0 Å². The quantitative estimate of drug-likeness (QED) is 0.729. The molecule has 1 fully saturated rings. The molecule has 15 heavy (non-hydrogen) atoms. The van der Waals surface area contributed by atoms with Crippen molar-refractivity contribution in [1.82, 2.24) is 4.90 Å². The van der Waals surface area contributed by atoms with E-state index in [9.17, 15) is 4.79 Å². The third-order valence-corrected chi connectivity index (χ3v) is 2.89. The number of piperidine rings is 1. The summed E-state index contributed by atoms with van der Waals surface area (Å²) >= 11 is 0. The fraction of sp³-hybridized carbons (Fsp3) is 0.917. The van der Waals surface area contributed by atoms with Gasteiger partial charge in [-0.2, -0.15) is 0 Å². The Morgan fingerprint density at radius 2 is 1.93 bits per heavy atom. The summed E-state index contributed by atoms with van der Waals surface area (Å²) in [6.07, 6.45) is 6.05. The number of carbonyl (C=O) groups is 1. The molecule has 3 nitrogen and oxygen atoms in total. The molecule has 2 N–H and O–H groups in total. The molecular formula is C12H26N2O. The minimum absolute atomic E-state index is 0. The summed E-state index contributed by atoms with van der Waals surface area (Å²) in [5.41, 5.74) is 5.78. The summed E-state index contributed by atoms with van der Waals surface area (Å²) in [4.78, 5) is 13.6. The SMILES string of the molecule is C.CCCCCC(=O)N1CCC(N)CC1. The molecule has 90 valence electrons. The molecule has 0 bridgehead atoms. The van der Waals surface area contributed by atoms with Crippen LogP contribution in [0, 0.1) is 0 Å². The number of nitrogens with two attached hydrogens (primary N) is 1. The fourth-order valence-electron chi connectivity index (χ4n) is 1.83. The van der Waals surface area contributed by atoms with Gasteiger partial charge in [-0.25, -0.2) is 0 Å². The summed E-state index contributed by atoms with van der Waals surface area (Å²) in [7, 11) is 0. The van der Waals surface area contributed by atoms with Crippen molar-refractivity contribution >= 4 is 5.91 Å². The molecule has 1 aliphatic rings. The molecule has 0 aromatic heterocycles. The van der Waals surface area contributed by atoms with Crippen molar-refractivity contribution < 1.29 is 4.79 Å². The van der Waals surface area contributed by atoms with Crippen LogP contribution in [0.15, 0.2) is 0 Å². The van der Waals surface area contributed by atoms with Crippen LogP contribution in [-0.2, 0) is 4.79 Å². The van der Waals surface area contributed by atoms with E-state index in [4.69, 9.17) is 5.73 Å². The van der Waals surface area contributed by atoms with Crippen molar-refractivity contribution in [1.29, 1.82) is 0 Å². The summed E-state index contributed by atoms with van der Waals surface area (Å²) in [6, 6.07) is 0.315. The van der Waals surface area contributed by atoms with Gasteiger partial charge in [0, 0.05) is 25.6 Å². The first-order valence-electron chi connectivity index (χ1n) is 5.77. The smallest absolute Gasteiger partial charge is 0.222 e. The van der Waals surface area contributed by atoms with Crippen molar-refractivity contribution in [2.75, 3.05) is 13.1 Å². The van der Waals surface area contributed by atoms with Gasteiger partial charge < -0.3 is 10.6 Å². The van der Waals surface area contributed by atoms with Crippen molar-refractivity contribution in [2.45, 2.75) is 58.9 Å². The predicted molar refractivity (Wildman–Crippen MR) is 64.7 cm³/mol. The minimum atomic E-state index is 0. The van der Waals surface area contributed by atoms with Crippen molar-refractivity contribution in [3.8, 4) is 0 Å². The Morgan fingerprint density at radius 1 is 1.33 bits per heavy atom. The highest BCUT2D eigenvalue weighted by molar-refractivity contribution is 5.76. The number of hydrogen-bond donors (Lipinski definition) is 1. The monoisotopic (exact) mass is 214 g/mol. The highest BCUT2D eigenvalue weighted by atomic mass is 16.2. The van der Waals surface area contributed by atoms with Crippen LogP contribution in [0.2, 0.25) is 0 Å². The van der Waals surface area contributed by atoms with E-state index in [2.05, 4.69) is 6.92 Å². The third-order valence-electron chi connectivity index (χ3n) is 2.89. The van der Waals surface area contributed by atoms with Crippen LogP contribution < -0.4 is 5.73 Å². The van der Waals surface area contributed by atoms with Gasteiger partial charge in [0.15, 0.2) is 0 Å². The lowest BCUT2D eigenvalue weighted by atomic mass is 10.1. The molecule has 0 unspecified atom stereocenters. The summed E-state index contributed by atoms with van der Waals surface area (Å²) < 4.78 is 0. The van der Waals surface area contributed by atoms with Gasteiger partial charge in [-0.1, -0.05) is 27.2 Å². The Morgan fingerprint density at radius 3 is 2.47 bits per heavy atom. The van der Waals surface area contributed by atoms with Gasteiger partial charge in [0.05, 0.1) is 0 Å². The van der Waals surface area contributed by atoms with Crippen molar-refractivity contribution in [3.05, 3.63) is 0 Å². The lowest BCUT2D eigenvalue weighted by molar-refractivity contribution is -0.132. The second-order valence-electron chi connectivity index (χ2n) is 4.18. The first-order chi connectivity index (χ1) is 6.74. The summed E-state index contributed by atoms with van der Waals surface area (Å²) in [5, 5.41) is 0. The molecule has 3 heteroatoms. The Labute approximate surface area is 94.0 Å². The molecule has 0 aromatic rings. The van der Waals surface area contributed by atoms with Gasteiger partial charge in [-0.15, -0.1) is 0 Å². The van der Waals surface area contributed by atoms with Crippen LogP contribution in [0.1, 0.15) is 52.9 Å². The Bertz CT molecular complexity index is 174. The minimum Gasteiger partial charge on any atom is -0.343 e. The normalized spacial score (nSPS) is 17.3. The molecule has 1 saturated heterocycles. The van der Waals surface area contributed by atoms with Gasteiger partial charge in [0.2, 0.25) is 5.91 Å².